The van der Waals surface area contributed by atoms with Crippen LogP contribution in [0.25, 0.3) is 0 Å². The van der Waals surface area contributed by atoms with Crippen molar-refractivity contribution in [3.8, 4) is 11.5 Å². The maximum Gasteiger partial charge on any atom is 0.586 e. The standard InChI is InChI=1S/C11H10BrF2NO3/c1-10(2,12)9(16)15-6-3-4-7-8(5-6)18-11(13,14)17-7/h3-5H,1-2H3,(H,15,16). The number of amides is 1. The molecule has 0 saturated carbocycles. The molecular weight excluding hydrogens is 312 g/mol. The number of hydrogen-bond donors (Lipinski definition) is 1. The van der Waals surface area contributed by atoms with Crippen LogP contribution in [0.15, 0.2) is 18.2 Å². The topological polar surface area (TPSA) is 47.6 Å². The first kappa shape index (κ1) is 13.1. The van der Waals surface area contributed by atoms with Crippen molar-refractivity contribution in [3.63, 3.8) is 0 Å². The molecule has 1 amide bonds. The second-order valence-corrected chi connectivity index (χ2v) is 6.24. The van der Waals surface area contributed by atoms with Crippen LogP contribution in [0.4, 0.5) is 14.5 Å². The van der Waals surface area contributed by atoms with Crippen molar-refractivity contribution >= 4 is 27.5 Å². The number of hydrogen-bond acceptors (Lipinski definition) is 3. The van der Waals surface area contributed by atoms with E-state index in [4.69, 9.17) is 0 Å². The van der Waals surface area contributed by atoms with Crippen molar-refractivity contribution in [3.05, 3.63) is 18.2 Å². The van der Waals surface area contributed by atoms with Crippen molar-refractivity contribution in [2.45, 2.75) is 24.5 Å². The number of carbonyl (C=O) groups is 1. The van der Waals surface area contributed by atoms with Gasteiger partial charge in [-0.25, -0.2) is 0 Å². The van der Waals surface area contributed by atoms with E-state index in [9.17, 15) is 13.6 Å². The molecule has 0 radical (unpaired) electrons. The summed E-state index contributed by atoms with van der Waals surface area (Å²) >= 11 is 3.19. The summed E-state index contributed by atoms with van der Waals surface area (Å²) in [6, 6.07) is 4.06. The number of anilines is 1. The lowest BCUT2D eigenvalue weighted by molar-refractivity contribution is -0.286. The highest BCUT2D eigenvalue weighted by Gasteiger charge is 2.43. The third-order valence-electron chi connectivity index (χ3n) is 2.20. The Hall–Kier alpha value is -1.37. The molecular formula is C11H10BrF2NO3. The van der Waals surface area contributed by atoms with Gasteiger partial charge in [0.25, 0.3) is 0 Å². The van der Waals surface area contributed by atoms with Gasteiger partial charge in [-0.05, 0) is 26.0 Å². The Morgan fingerprint density at radius 1 is 1.33 bits per heavy atom. The monoisotopic (exact) mass is 321 g/mol. The van der Waals surface area contributed by atoms with Crippen LogP contribution in [0.3, 0.4) is 0 Å². The summed E-state index contributed by atoms with van der Waals surface area (Å²) in [5, 5.41) is 2.57. The summed E-state index contributed by atoms with van der Waals surface area (Å²) in [5.74, 6) is -0.464. The highest BCUT2D eigenvalue weighted by atomic mass is 79.9. The fraction of sp³-hybridized carbons (Fsp3) is 0.364. The molecule has 1 aromatic rings. The Balaban J connectivity index is 2.17. The van der Waals surface area contributed by atoms with E-state index in [0.29, 0.717) is 5.69 Å². The molecule has 2 rings (SSSR count). The van der Waals surface area contributed by atoms with Crippen LogP contribution >= 0.6 is 15.9 Å². The molecule has 4 nitrogen and oxygen atoms in total. The smallest absolute Gasteiger partial charge is 0.395 e. The molecule has 0 aromatic heterocycles. The lowest BCUT2D eigenvalue weighted by Gasteiger charge is -2.15. The van der Waals surface area contributed by atoms with Gasteiger partial charge < -0.3 is 14.8 Å². The summed E-state index contributed by atoms with van der Waals surface area (Å²) in [6.07, 6.45) is -3.65. The second-order valence-electron chi connectivity index (χ2n) is 4.26. The number of carbonyl (C=O) groups excluding carboxylic acids is 1. The summed E-state index contributed by atoms with van der Waals surface area (Å²) < 4.78 is 33.3. The molecule has 1 aromatic carbocycles. The third kappa shape index (κ3) is 2.72. The average Bonchev–Trinajstić information content (AvgIpc) is 2.49. The maximum atomic E-state index is 12.8. The first-order valence-corrected chi connectivity index (χ1v) is 5.87. The predicted molar refractivity (Wildman–Crippen MR) is 64.3 cm³/mol. The number of halogens is 3. The van der Waals surface area contributed by atoms with E-state index in [-0.39, 0.29) is 17.4 Å². The fourth-order valence-corrected chi connectivity index (χ4v) is 1.41. The van der Waals surface area contributed by atoms with E-state index >= 15 is 0 Å². The number of fused-ring (bicyclic) bond motifs is 1. The Morgan fingerprint density at radius 3 is 2.56 bits per heavy atom. The lowest BCUT2D eigenvalue weighted by Crippen LogP contribution is -2.30. The number of benzene rings is 1. The third-order valence-corrected chi connectivity index (χ3v) is 2.56. The lowest BCUT2D eigenvalue weighted by atomic mass is 10.2. The maximum absolute atomic E-state index is 12.8. The minimum atomic E-state index is -3.65. The molecule has 0 aliphatic carbocycles. The molecule has 0 spiro atoms. The molecule has 1 aliphatic rings. The van der Waals surface area contributed by atoms with Gasteiger partial charge in [0.2, 0.25) is 5.91 Å². The van der Waals surface area contributed by atoms with Gasteiger partial charge >= 0.3 is 6.29 Å². The number of nitrogens with one attached hydrogen (secondary N) is 1. The Labute approximate surface area is 110 Å². The van der Waals surface area contributed by atoms with Crippen LogP contribution < -0.4 is 14.8 Å². The number of alkyl halides is 3. The van der Waals surface area contributed by atoms with Gasteiger partial charge in [-0.1, -0.05) is 15.9 Å². The molecule has 0 saturated heterocycles. The van der Waals surface area contributed by atoms with Crippen molar-refractivity contribution in [1.82, 2.24) is 0 Å². The van der Waals surface area contributed by atoms with Gasteiger partial charge in [0.1, 0.15) is 0 Å². The zero-order valence-corrected chi connectivity index (χ0v) is 11.2. The Morgan fingerprint density at radius 2 is 1.94 bits per heavy atom. The molecule has 7 heteroatoms. The summed E-state index contributed by atoms with van der Waals surface area (Å²) in [4.78, 5) is 11.7. The SMILES string of the molecule is CC(C)(Br)C(=O)Nc1ccc2c(c1)OC(F)(F)O2. The quantitative estimate of drug-likeness (QED) is 0.851. The fourth-order valence-electron chi connectivity index (χ4n) is 1.31. The van der Waals surface area contributed by atoms with Gasteiger partial charge in [-0.2, -0.15) is 0 Å². The zero-order chi connectivity index (χ0) is 13.6. The molecule has 0 bridgehead atoms. The van der Waals surface area contributed by atoms with Gasteiger partial charge in [-0.3, -0.25) is 4.79 Å². The Bertz CT molecular complexity index is 500. The van der Waals surface area contributed by atoms with Crippen molar-refractivity contribution in [2.75, 3.05) is 5.32 Å². The van der Waals surface area contributed by atoms with E-state index in [1.807, 2.05) is 0 Å². The van der Waals surface area contributed by atoms with Crippen LogP contribution in [-0.4, -0.2) is 16.5 Å². The first-order valence-electron chi connectivity index (χ1n) is 5.08. The highest BCUT2D eigenvalue weighted by molar-refractivity contribution is 9.10. The Kier molecular flexibility index (Phi) is 2.96. The molecule has 1 heterocycles. The van der Waals surface area contributed by atoms with Crippen LogP contribution in [0.2, 0.25) is 0 Å². The van der Waals surface area contributed by atoms with Gasteiger partial charge in [0.05, 0.1) is 4.32 Å². The number of rotatable bonds is 2. The molecule has 0 unspecified atom stereocenters. The van der Waals surface area contributed by atoms with Crippen molar-refractivity contribution in [1.29, 1.82) is 0 Å². The molecule has 98 valence electrons. The van der Waals surface area contributed by atoms with Crippen LogP contribution in [-0.2, 0) is 4.79 Å². The predicted octanol–water partition coefficient (Wildman–Crippen LogP) is 3.12. The largest absolute Gasteiger partial charge is 0.586 e. The zero-order valence-electron chi connectivity index (χ0n) is 9.59. The summed E-state index contributed by atoms with van der Waals surface area (Å²) in [7, 11) is 0. The average molecular weight is 322 g/mol. The second kappa shape index (κ2) is 4.08. The van der Waals surface area contributed by atoms with Gasteiger partial charge in [-0.15, -0.1) is 8.78 Å². The van der Waals surface area contributed by atoms with Gasteiger partial charge in [0.15, 0.2) is 11.5 Å². The molecule has 0 fully saturated rings. The highest BCUT2D eigenvalue weighted by Crippen LogP contribution is 2.42. The summed E-state index contributed by atoms with van der Waals surface area (Å²) in [6.45, 7) is 3.34. The van der Waals surface area contributed by atoms with E-state index in [1.54, 1.807) is 13.8 Å². The summed E-state index contributed by atoms with van der Waals surface area (Å²) in [5.41, 5.74) is 0.354. The van der Waals surface area contributed by atoms with Crippen LogP contribution in [0.5, 0.6) is 11.5 Å². The molecule has 1 aliphatic heterocycles. The van der Waals surface area contributed by atoms with Crippen molar-refractivity contribution in [2.24, 2.45) is 0 Å². The minimum absolute atomic E-state index is 0.0592. The van der Waals surface area contributed by atoms with Crippen LogP contribution in [0.1, 0.15) is 13.8 Å². The van der Waals surface area contributed by atoms with E-state index in [0.717, 1.165) is 0 Å². The first-order chi connectivity index (χ1) is 8.17. The molecule has 1 N–H and O–H groups in total. The van der Waals surface area contributed by atoms with E-state index < -0.39 is 10.6 Å². The van der Waals surface area contributed by atoms with E-state index in [2.05, 4.69) is 30.7 Å². The van der Waals surface area contributed by atoms with Gasteiger partial charge in [0, 0.05) is 11.8 Å². The minimum Gasteiger partial charge on any atom is -0.395 e. The normalized spacial score (nSPS) is 16.5. The van der Waals surface area contributed by atoms with Crippen molar-refractivity contribution < 1.29 is 23.0 Å². The number of ether oxygens (including phenoxy) is 2. The van der Waals surface area contributed by atoms with Crippen LogP contribution in [0, 0.1) is 0 Å². The van der Waals surface area contributed by atoms with E-state index in [1.165, 1.54) is 18.2 Å². The molecule has 0 atom stereocenters. The molecule has 18 heavy (non-hydrogen) atoms.